The summed E-state index contributed by atoms with van der Waals surface area (Å²) in [5, 5.41) is 22.7. The zero-order valence-electron chi connectivity index (χ0n) is 24.0. The molecule has 1 unspecified atom stereocenters. The number of aliphatic hydroxyl groups excluding tert-OH is 1. The van der Waals surface area contributed by atoms with Crippen molar-refractivity contribution in [3.05, 3.63) is 41.5 Å². The molecule has 8 atom stereocenters. The van der Waals surface area contributed by atoms with Crippen molar-refractivity contribution in [3.8, 4) is 11.8 Å². The molecule has 1 aromatic rings. The summed E-state index contributed by atoms with van der Waals surface area (Å²) in [6.45, 7) is 8.75. The van der Waals surface area contributed by atoms with Gasteiger partial charge in [-0.15, -0.1) is 0 Å². The van der Waals surface area contributed by atoms with E-state index >= 15 is 0 Å². The average molecular weight is 506 g/mol. The second-order valence-corrected chi connectivity index (χ2v) is 13.6. The van der Waals surface area contributed by atoms with Crippen LogP contribution >= 0.6 is 0 Å². The molecule has 3 fully saturated rings. The molecule has 0 heterocycles. The lowest BCUT2D eigenvalue weighted by Gasteiger charge is -2.62. The van der Waals surface area contributed by atoms with Crippen LogP contribution in [0.5, 0.6) is 0 Å². The fourth-order valence-corrected chi connectivity index (χ4v) is 8.75. The van der Waals surface area contributed by atoms with E-state index in [-0.39, 0.29) is 16.9 Å². The zero-order valence-corrected chi connectivity index (χ0v) is 24.0. The van der Waals surface area contributed by atoms with E-state index in [2.05, 4.69) is 75.0 Å². The molecule has 0 radical (unpaired) electrons. The van der Waals surface area contributed by atoms with Gasteiger partial charge in [0, 0.05) is 32.3 Å². The molecule has 2 N–H and O–H groups in total. The van der Waals surface area contributed by atoms with E-state index in [1.807, 2.05) is 13.8 Å². The van der Waals surface area contributed by atoms with Crippen LogP contribution in [0, 0.1) is 40.4 Å². The molecular formula is C33H47NO3. The Morgan fingerprint density at radius 1 is 1.05 bits per heavy atom. The summed E-state index contributed by atoms with van der Waals surface area (Å²) in [7, 11) is 5.86. The molecule has 37 heavy (non-hydrogen) atoms. The van der Waals surface area contributed by atoms with E-state index in [0.717, 1.165) is 44.9 Å². The van der Waals surface area contributed by atoms with Gasteiger partial charge in [0.25, 0.3) is 0 Å². The smallest absolute Gasteiger partial charge is 0.131 e. The van der Waals surface area contributed by atoms with Crippen LogP contribution in [0.2, 0.25) is 0 Å². The van der Waals surface area contributed by atoms with Crippen molar-refractivity contribution in [2.45, 2.75) is 95.9 Å². The van der Waals surface area contributed by atoms with Crippen LogP contribution in [-0.4, -0.2) is 48.7 Å². The summed E-state index contributed by atoms with van der Waals surface area (Å²) in [4.78, 5) is 2.15. The van der Waals surface area contributed by atoms with Gasteiger partial charge < -0.3 is 19.8 Å². The normalized spacial score (nSPS) is 41.0. The van der Waals surface area contributed by atoms with Gasteiger partial charge in [-0.2, -0.15) is 0 Å². The van der Waals surface area contributed by atoms with Crippen LogP contribution in [0.4, 0.5) is 5.69 Å². The highest BCUT2D eigenvalue weighted by atomic mass is 16.5. The molecule has 4 aliphatic carbocycles. The van der Waals surface area contributed by atoms with Crippen molar-refractivity contribution < 1.29 is 14.9 Å². The van der Waals surface area contributed by atoms with Crippen molar-refractivity contribution in [2.24, 2.45) is 28.6 Å². The Bertz CT molecular complexity index is 1110. The minimum Gasteiger partial charge on any atom is -0.389 e. The number of hydrogen-bond donors (Lipinski definition) is 2. The Morgan fingerprint density at radius 3 is 2.41 bits per heavy atom. The third-order valence-electron chi connectivity index (χ3n) is 11.1. The molecule has 5 rings (SSSR count). The number of rotatable bonds is 3. The molecular weight excluding hydrogens is 458 g/mol. The second-order valence-electron chi connectivity index (χ2n) is 13.6. The second kappa shape index (κ2) is 9.15. The topological polar surface area (TPSA) is 52.9 Å². The summed E-state index contributed by atoms with van der Waals surface area (Å²) in [6, 6.07) is 9.14. The number of nitrogens with zero attached hydrogens (tertiary/aromatic N) is 1. The number of ether oxygens (including phenoxy) is 1. The van der Waals surface area contributed by atoms with E-state index in [1.54, 1.807) is 7.11 Å². The summed E-state index contributed by atoms with van der Waals surface area (Å²) in [6.07, 6.45) is 8.67. The number of aliphatic hydroxyl groups is 2. The molecule has 0 bridgehead atoms. The standard InChI is InChI=1S/C33H47NO3/c1-30(2,37-7)18-19-33(36)17-15-28-26-13-10-23-20-25(35)14-16-31(23,3)29(26)27(21-32(28,33)4)22-8-11-24(12-9-22)34(5)6/h8-9,11-12,20,25-29,35-36H,10,13-17,21H2,1-7H3/t25?,26-,27+,28-,29+,31-,32-,33+/m0/s1. The fraction of sp³-hybridized carbons (Fsp3) is 0.697. The monoisotopic (exact) mass is 505 g/mol. The number of anilines is 1. The van der Waals surface area contributed by atoms with Gasteiger partial charge in [-0.05, 0) is 106 Å². The maximum atomic E-state index is 12.2. The van der Waals surface area contributed by atoms with Gasteiger partial charge in [0.1, 0.15) is 11.2 Å². The first kappa shape index (κ1) is 26.8. The molecule has 0 aromatic heterocycles. The highest BCUT2D eigenvalue weighted by molar-refractivity contribution is 5.47. The maximum Gasteiger partial charge on any atom is 0.131 e. The van der Waals surface area contributed by atoms with Gasteiger partial charge in [0.05, 0.1) is 6.10 Å². The van der Waals surface area contributed by atoms with E-state index in [9.17, 15) is 10.2 Å². The van der Waals surface area contributed by atoms with Crippen LogP contribution < -0.4 is 4.90 Å². The van der Waals surface area contributed by atoms with Gasteiger partial charge in [0.15, 0.2) is 0 Å². The Kier molecular flexibility index (Phi) is 6.62. The third kappa shape index (κ3) is 4.26. The number of methoxy groups -OCH3 is 1. The Hall–Kier alpha value is -1.80. The SMILES string of the molecule is COC(C)(C)C#C[C@]1(O)CC[C@H]2[C@@H]3CCC4=CC(O)CC[C@]4(C)[C@H]3[C@@H](c3ccc(N(C)C)cc3)C[C@@]21C. The first-order chi connectivity index (χ1) is 17.3. The number of hydrogen-bond acceptors (Lipinski definition) is 4. The molecule has 4 heteroatoms. The maximum absolute atomic E-state index is 12.2. The predicted octanol–water partition coefficient (Wildman–Crippen LogP) is 5.93. The van der Waals surface area contributed by atoms with Crippen molar-refractivity contribution in [1.29, 1.82) is 0 Å². The van der Waals surface area contributed by atoms with Crippen molar-refractivity contribution in [3.63, 3.8) is 0 Å². The summed E-state index contributed by atoms with van der Waals surface area (Å²) in [5.41, 5.74) is 2.29. The summed E-state index contributed by atoms with van der Waals surface area (Å²) >= 11 is 0. The lowest BCUT2D eigenvalue weighted by Crippen LogP contribution is -2.57. The molecule has 202 valence electrons. The Morgan fingerprint density at radius 2 is 1.76 bits per heavy atom. The molecule has 4 nitrogen and oxygen atoms in total. The van der Waals surface area contributed by atoms with Crippen molar-refractivity contribution in [1.82, 2.24) is 0 Å². The van der Waals surface area contributed by atoms with Crippen molar-refractivity contribution >= 4 is 5.69 Å². The average Bonchev–Trinajstić information content (AvgIpc) is 3.13. The zero-order chi connectivity index (χ0) is 26.8. The van der Waals surface area contributed by atoms with Crippen LogP contribution in [0.1, 0.15) is 84.1 Å². The van der Waals surface area contributed by atoms with E-state index in [1.165, 1.54) is 16.8 Å². The summed E-state index contributed by atoms with van der Waals surface area (Å²) in [5.74, 6) is 8.51. The molecule has 0 amide bonds. The van der Waals surface area contributed by atoms with Gasteiger partial charge in [-0.1, -0.05) is 49.5 Å². The lowest BCUT2D eigenvalue weighted by atomic mass is 9.43. The van der Waals surface area contributed by atoms with Gasteiger partial charge >= 0.3 is 0 Å². The number of allylic oxidation sites excluding steroid dienone is 1. The predicted molar refractivity (Wildman–Crippen MR) is 150 cm³/mol. The van der Waals surface area contributed by atoms with Crippen LogP contribution in [0.3, 0.4) is 0 Å². The Labute approximate surface area is 224 Å². The molecule has 0 saturated heterocycles. The first-order valence-corrected chi connectivity index (χ1v) is 14.3. The van der Waals surface area contributed by atoms with Crippen LogP contribution in [0.15, 0.2) is 35.9 Å². The third-order valence-corrected chi connectivity index (χ3v) is 11.1. The molecule has 4 aliphatic rings. The van der Waals surface area contributed by atoms with Crippen molar-refractivity contribution in [2.75, 3.05) is 26.1 Å². The van der Waals surface area contributed by atoms with Gasteiger partial charge in [-0.3, -0.25) is 0 Å². The fourth-order valence-electron chi connectivity index (χ4n) is 8.75. The molecule has 0 spiro atoms. The Balaban J connectivity index is 1.61. The van der Waals surface area contributed by atoms with Crippen LogP contribution in [0.25, 0.3) is 0 Å². The molecule has 0 aliphatic heterocycles. The highest BCUT2D eigenvalue weighted by Gasteiger charge is 2.66. The van der Waals surface area contributed by atoms with E-state index in [4.69, 9.17) is 4.74 Å². The highest BCUT2D eigenvalue weighted by Crippen LogP contribution is 2.70. The first-order valence-electron chi connectivity index (χ1n) is 14.3. The quantitative estimate of drug-likeness (QED) is 0.395. The van der Waals surface area contributed by atoms with Crippen LogP contribution in [-0.2, 0) is 4.74 Å². The minimum absolute atomic E-state index is 0.0960. The largest absolute Gasteiger partial charge is 0.389 e. The van der Waals surface area contributed by atoms with Gasteiger partial charge in [0.2, 0.25) is 0 Å². The van der Waals surface area contributed by atoms with E-state index < -0.39 is 11.2 Å². The van der Waals surface area contributed by atoms with Gasteiger partial charge in [-0.25, -0.2) is 0 Å². The minimum atomic E-state index is -1.01. The lowest BCUT2D eigenvalue weighted by molar-refractivity contribution is -0.112. The number of fused-ring (bicyclic) bond motifs is 5. The summed E-state index contributed by atoms with van der Waals surface area (Å²) < 4.78 is 5.58. The number of benzene rings is 1. The van der Waals surface area contributed by atoms with E-state index in [0.29, 0.717) is 23.7 Å². The molecule has 1 aromatic carbocycles. The molecule has 3 saturated carbocycles.